The number of hydrogen-bond donors (Lipinski definition) is 1. The zero-order chi connectivity index (χ0) is 28.1. The molecule has 5 rings (SSSR count). The number of nitrogens with zero attached hydrogens (tertiary/aromatic N) is 3. The third kappa shape index (κ3) is 6.26. The molecular formula is C29H32N4O7. The third-order valence-corrected chi connectivity index (χ3v) is 6.78. The Morgan fingerprint density at radius 2 is 2.02 bits per heavy atom. The van der Waals surface area contributed by atoms with E-state index in [1.807, 2.05) is 47.4 Å². The lowest BCUT2D eigenvalue weighted by atomic mass is 10.1. The summed E-state index contributed by atoms with van der Waals surface area (Å²) in [4.78, 5) is 35.2. The van der Waals surface area contributed by atoms with Gasteiger partial charge in [0.25, 0.3) is 12.0 Å². The summed E-state index contributed by atoms with van der Waals surface area (Å²) in [5, 5.41) is 3.14. The first-order valence-electron chi connectivity index (χ1n) is 13.2. The number of methoxy groups -OCH3 is 2. The number of carbonyl (C=O) groups excluding carboxylic acids is 2. The molecule has 40 heavy (non-hydrogen) atoms. The summed E-state index contributed by atoms with van der Waals surface area (Å²) in [5.74, 6) is 0.913. The van der Waals surface area contributed by atoms with Gasteiger partial charge in [-0.05, 0) is 49.6 Å². The molecule has 1 fully saturated rings. The number of para-hydroxylation sites is 2. The number of hydrogen-bond acceptors (Lipinski definition) is 11. The molecule has 1 N–H and O–H groups in total. The van der Waals surface area contributed by atoms with E-state index in [-0.39, 0.29) is 30.8 Å². The molecule has 0 radical (unpaired) electrons. The molecule has 11 heteroatoms. The molecule has 0 saturated carbocycles. The van der Waals surface area contributed by atoms with Crippen LogP contribution in [0.1, 0.15) is 37.5 Å². The van der Waals surface area contributed by atoms with Crippen LogP contribution in [0.5, 0.6) is 5.75 Å². The molecule has 1 unspecified atom stereocenters. The SMILES string of the molecule is COC(=O)CCc1cnc(N2CCC[C@@H]2OC(C)C(=O)Cc2ccc3nc(Nc4ccccc4OC)oc3c2)o1. The summed E-state index contributed by atoms with van der Waals surface area (Å²) >= 11 is 0. The lowest BCUT2D eigenvalue weighted by molar-refractivity contribution is -0.140. The van der Waals surface area contributed by atoms with Crippen molar-refractivity contribution in [2.45, 2.75) is 51.4 Å². The number of rotatable bonds is 12. The Balaban J connectivity index is 1.19. The van der Waals surface area contributed by atoms with Crippen LogP contribution in [-0.4, -0.2) is 54.8 Å². The Hall–Kier alpha value is -4.38. The van der Waals surface area contributed by atoms with Gasteiger partial charge < -0.3 is 33.3 Å². The second-order valence-corrected chi connectivity index (χ2v) is 9.54. The molecule has 2 atom stereocenters. The number of Topliss-reactive ketones (excluding diaryl/α,β-unsaturated/α-hetero) is 1. The minimum Gasteiger partial charge on any atom is -0.495 e. The maximum atomic E-state index is 13.1. The van der Waals surface area contributed by atoms with Gasteiger partial charge in [-0.1, -0.05) is 18.2 Å². The van der Waals surface area contributed by atoms with Gasteiger partial charge in [0.2, 0.25) is 0 Å². The maximum absolute atomic E-state index is 13.1. The Bertz CT molecular complexity index is 1480. The summed E-state index contributed by atoms with van der Waals surface area (Å²) < 4.78 is 27.9. The number of aromatic nitrogens is 2. The van der Waals surface area contributed by atoms with Crippen LogP contribution in [0.25, 0.3) is 11.1 Å². The van der Waals surface area contributed by atoms with Gasteiger partial charge in [-0.25, -0.2) is 4.98 Å². The fourth-order valence-electron chi connectivity index (χ4n) is 4.62. The van der Waals surface area contributed by atoms with Crippen LogP contribution in [-0.2, 0) is 31.9 Å². The second kappa shape index (κ2) is 12.2. The molecule has 210 valence electrons. The van der Waals surface area contributed by atoms with E-state index in [1.54, 1.807) is 20.2 Å². The van der Waals surface area contributed by atoms with Crippen molar-refractivity contribution >= 4 is 40.6 Å². The number of oxazole rings is 2. The molecule has 1 saturated heterocycles. The van der Waals surface area contributed by atoms with E-state index in [9.17, 15) is 9.59 Å². The first-order valence-corrected chi connectivity index (χ1v) is 13.2. The molecule has 4 aromatic rings. The minimum atomic E-state index is -0.632. The molecule has 0 aliphatic carbocycles. The van der Waals surface area contributed by atoms with Gasteiger partial charge in [0.15, 0.2) is 11.4 Å². The Kier molecular flexibility index (Phi) is 8.30. The fourth-order valence-corrected chi connectivity index (χ4v) is 4.62. The fraction of sp³-hybridized carbons (Fsp3) is 0.379. The summed E-state index contributed by atoms with van der Waals surface area (Å²) in [5.41, 5.74) is 2.79. The number of anilines is 3. The van der Waals surface area contributed by atoms with Gasteiger partial charge in [-0.2, -0.15) is 4.98 Å². The van der Waals surface area contributed by atoms with Crippen molar-refractivity contribution in [1.29, 1.82) is 0 Å². The highest BCUT2D eigenvalue weighted by Gasteiger charge is 2.32. The van der Waals surface area contributed by atoms with Crippen LogP contribution < -0.4 is 15.0 Å². The number of ether oxygens (including phenoxy) is 3. The maximum Gasteiger partial charge on any atom is 0.305 e. The molecule has 0 spiro atoms. The summed E-state index contributed by atoms with van der Waals surface area (Å²) in [6, 6.07) is 13.8. The van der Waals surface area contributed by atoms with Crippen molar-refractivity contribution in [3.63, 3.8) is 0 Å². The van der Waals surface area contributed by atoms with Crippen molar-refractivity contribution < 1.29 is 32.6 Å². The largest absolute Gasteiger partial charge is 0.495 e. The molecule has 2 aromatic heterocycles. The number of carbonyl (C=O) groups is 2. The van der Waals surface area contributed by atoms with Crippen molar-refractivity contribution in [3.05, 3.63) is 60.0 Å². The van der Waals surface area contributed by atoms with Gasteiger partial charge in [-0.3, -0.25) is 9.59 Å². The molecule has 0 amide bonds. The predicted octanol–water partition coefficient (Wildman–Crippen LogP) is 4.82. The quantitative estimate of drug-likeness (QED) is 0.245. The van der Waals surface area contributed by atoms with Crippen LogP contribution in [0.15, 0.2) is 57.5 Å². The van der Waals surface area contributed by atoms with Gasteiger partial charge in [-0.15, -0.1) is 0 Å². The molecule has 3 heterocycles. The standard InChI is InChI=1S/C29H32N4O7/c1-18(38-26-9-6-14-33(26)29-30-17-20(39-29)11-13-27(35)37-3)23(34)15-19-10-12-22-25(16-19)40-28(32-22)31-21-7-4-5-8-24(21)36-2/h4-5,7-8,10,12,16-18,26H,6,9,11,13-15H2,1-3H3,(H,31,32)/t18?,26-/m0/s1. The number of ketones is 1. The van der Waals surface area contributed by atoms with E-state index in [0.717, 1.165) is 24.1 Å². The Morgan fingerprint density at radius 3 is 2.85 bits per heavy atom. The van der Waals surface area contributed by atoms with Gasteiger partial charge >= 0.3 is 5.97 Å². The zero-order valence-corrected chi connectivity index (χ0v) is 22.7. The number of esters is 1. The minimum absolute atomic E-state index is 0.0516. The highest BCUT2D eigenvalue weighted by molar-refractivity contribution is 5.86. The Morgan fingerprint density at radius 1 is 1.18 bits per heavy atom. The zero-order valence-electron chi connectivity index (χ0n) is 22.7. The van der Waals surface area contributed by atoms with E-state index >= 15 is 0 Å². The van der Waals surface area contributed by atoms with Crippen molar-refractivity contribution in [2.75, 3.05) is 31.0 Å². The van der Waals surface area contributed by atoms with Crippen LogP contribution in [0, 0.1) is 0 Å². The highest BCUT2D eigenvalue weighted by atomic mass is 16.5. The van der Waals surface area contributed by atoms with E-state index < -0.39 is 6.10 Å². The molecular weight excluding hydrogens is 516 g/mol. The number of benzene rings is 2. The van der Waals surface area contributed by atoms with Crippen LogP contribution in [0.2, 0.25) is 0 Å². The second-order valence-electron chi connectivity index (χ2n) is 9.54. The average molecular weight is 549 g/mol. The summed E-state index contributed by atoms with van der Waals surface area (Å²) in [6.45, 7) is 2.47. The van der Waals surface area contributed by atoms with Crippen molar-refractivity contribution in [1.82, 2.24) is 9.97 Å². The third-order valence-electron chi connectivity index (χ3n) is 6.78. The molecule has 1 aliphatic rings. The highest BCUT2D eigenvalue weighted by Crippen LogP contribution is 2.30. The van der Waals surface area contributed by atoms with E-state index in [2.05, 4.69) is 20.0 Å². The van der Waals surface area contributed by atoms with E-state index in [1.165, 1.54) is 7.11 Å². The smallest absolute Gasteiger partial charge is 0.305 e. The Labute approximate surface area is 231 Å². The number of nitrogens with one attached hydrogen (secondary N) is 1. The van der Waals surface area contributed by atoms with E-state index in [0.29, 0.717) is 47.6 Å². The lowest BCUT2D eigenvalue weighted by Crippen LogP contribution is -2.37. The molecule has 0 bridgehead atoms. The summed E-state index contributed by atoms with van der Waals surface area (Å²) in [6.07, 6.45) is 3.11. The number of fused-ring (bicyclic) bond motifs is 1. The molecule has 2 aromatic carbocycles. The van der Waals surface area contributed by atoms with Crippen LogP contribution in [0.4, 0.5) is 17.7 Å². The van der Waals surface area contributed by atoms with Crippen molar-refractivity contribution in [3.8, 4) is 5.75 Å². The first-order chi connectivity index (χ1) is 19.4. The first kappa shape index (κ1) is 27.2. The lowest BCUT2D eigenvalue weighted by Gasteiger charge is -2.25. The van der Waals surface area contributed by atoms with E-state index in [4.69, 9.17) is 18.3 Å². The van der Waals surface area contributed by atoms with Gasteiger partial charge in [0.05, 0.1) is 32.5 Å². The van der Waals surface area contributed by atoms with Crippen molar-refractivity contribution in [2.24, 2.45) is 0 Å². The topological polar surface area (TPSA) is 129 Å². The van der Waals surface area contributed by atoms with Crippen LogP contribution >= 0.6 is 0 Å². The normalized spacial score (nSPS) is 15.8. The molecule has 1 aliphatic heterocycles. The van der Waals surface area contributed by atoms with Crippen LogP contribution in [0.3, 0.4) is 0 Å². The number of aryl methyl sites for hydroxylation is 1. The van der Waals surface area contributed by atoms with Gasteiger partial charge in [0, 0.05) is 19.4 Å². The summed E-state index contributed by atoms with van der Waals surface area (Å²) in [7, 11) is 2.96. The monoisotopic (exact) mass is 548 g/mol. The molecule has 11 nitrogen and oxygen atoms in total. The average Bonchev–Trinajstić information content (AvgIpc) is 3.71. The van der Waals surface area contributed by atoms with Gasteiger partial charge in [0.1, 0.15) is 29.4 Å². The predicted molar refractivity (Wildman–Crippen MR) is 147 cm³/mol.